The Labute approximate surface area is 138 Å². The van der Waals surface area contributed by atoms with Crippen molar-refractivity contribution in [1.29, 1.82) is 0 Å². The standard InChI is InChI=1S/C17H17BrClNO/c1-21-16-6-5-15(19)7-12(16)9-17(10-20-11-17)13-3-2-4-14(18)8-13/h2-8,20H,9-11H2,1H3. The van der Waals surface area contributed by atoms with E-state index in [0.717, 1.165) is 40.3 Å². The van der Waals surface area contributed by atoms with Crippen molar-refractivity contribution in [3.63, 3.8) is 0 Å². The fourth-order valence-electron chi connectivity index (χ4n) is 2.93. The molecule has 0 unspecified atom stereocenters. The number of ether oxygens (including phenoxy) is 1. The van der Waals surface area contributed by atoms with Crippen LogP contribution in [0.5, 0.6) is 5.75 Å². The topological polar surface area (TPSA) is 21.3 Å². The molecule has 0 aromatic heterocycles. The molecular formula is C17H17BrClNO. The molecule has 1 heterocycles. The van der Waals surface area contributed by atoms with Crippen LogP contribution in [-0.4, -0.2) is 20.2 Å². The molecule has 1 N–H and O–H groups in total. The molecule has 1 aliphatic heterocycles. The Bertz CT molecular complexity index is 655. The average Bonchev–Trinajstić information content (AvgIpc) is 2.43. The summed E-state index contributed by atoms with van der Waals surface area (Å²) in [5.41, 5.74) is 2.62. The second-order valence-electron chi connectivity index (χ2n) is 5.53. The van der Waals surface area contributed by atoms with E-state index in [9.17, 15) is 0 Å². The van der Waals surface area contributed by atoms with E-state index in [4.69, 9.17) is 16.3 Å². The van der Waals surface area contributed by atoms with E-state index in [-0.39, 0.29) is 5.41 Å². The van der Waals surface area contributed by atoms with Crippen molar-refractivity contribution >= 4 is 27.5 Å². The minimum absolute atomic E-state index is 0.113. The van der Waals surface area contributed by atoms with Crippen LogP contribution < -0.4 is 10.1 Å². The summed E-state index contributed by atoms with van der Waals surface area (Å²) in [6.07, 6.45) is 0.917. The van der Waals surface area contributed by atoms with Gasteiger partial charge >= 0.3 is 0 Å². The van der Waals surface area contributed by atoms with Crippen LogP contribution >= 0.6 is 27.5 Å². The molecule has 1 saturated heterocycles. The first-order chi connectivity index (χ1) is 10.1. The number of hydrogen-bond acceptors (Lipinski definition) is 2. The normalized spacial score (nSPS) is 16.3. The van der Waals surface area contributed by atoms with Gasteiger partial charge in [-0.15, -0.1) is 0 Å². The van der Waals surface area contributed by atoms with Crippen molar-refractivity contribution in [1.82, 2.24) is 5.32 Å². The number of halogens is 2. The fourth-order valence-corrected chi connectivity index (χ4v) is 3.52. The van der Waals surface area contributed by atoms with Crippen LogP contribution in [0.25, 0.3) is 0 Å². The van der Waals surface area contributed by atoms with Crippen LogP contribution in [0.1, 0.15) is 11.1 Å². The van der Waals surface area contributed by atoms with Crippen molar-refractivity contribution in [2.75, 3.05) is 20.2 Å². The van der Waals surface area contributed by atoms with Gasteiger partial charge < -0.3 is 10.1 Å². The molecule has 0 radical (unpaired) electrons. The van der Waals surface area contributed by atoms with E-state index in [0.29, 0.717) is 0 Å². The van der Waals surface area contributed by atoms with Gasteiger partial charge in [-0.1, -0.05) is 39.7 Å². The molecule has 21 heavy (non-hydrogen) atoms. The Morgan fingerprint density at radius 2 is 2.05 bits per heavy atom. The maximum absolute atomic E-state index is 6.16. The van der Waals surface area contributed by atoms with Gasteiger partial charge in [0.25, 0.3) is 0 Å². The van der Waals surface area contributed by atoms with Gasteiger partial charge in [-0.2, -0.15) is 0 Å². The van der Waals surface area contributed by atoms with E-state index in [1.807, 2.05) is 18.2 Å². The summed E-state index contributed by atoms with van der Waals surface area (Å²) in [5, 5.41) is 4.16. The molecular weight excluding hydrogens is 350 g/mol. The van der Waals surface area contributed by atoms with Crippen molar-refractivity contribution in [3.05, 3.63) is 63.1 Å². The molecule has 0 aliphatic carbocycles. The highest BCUT2D eigenvalue weighted by atomic mass is 79.9. The maximum Gasteiger partial charge on any atom is 0.122 e. The van der Waals surface area contributed by atoms with Crippen LogP contribution in [0.2, 0.25) is 5.02 Å². The average molecular weight is 367 g/mol. The molecule has 2 aromatic carbocycles. The highest BCUT2D eigenvalue weighted by molar-refractivity contribution is 9.10. The first-order valence-corrected chi connectivity index (χ1v) is 8.09. The largest absolute Gasteiger partial charge is 0.496 e. The summed E-state index contributed by atoms with van der Waals surface area (Å²) in [4.78, 5) is 0. The molecule has 110 valence electrons. The highest BCUT2D eigenvalue weighted by Gasteiger charge is 2.39. The van der Waals surface area contributed by atoms with Crippen molar-refractivity contribution in [3.8, 4) is 5.75 Å². The van der Waals surface area contributed by atoms with Gasteiger partial charge in [-0.25, -0.2) is 0 Å². The van der Waals surface area contributed by atoms with Gasteiger partial charge in [0.15, 0.2) is 0 Å². The molecule has 0 spiro atoms. The van der Waals surface area contributed by atoms with Crippen molar-refractivity contribution in [2.45, 2.75) is 11.8 Å². The van der Waals surface area contributed by atoms with Gasteiger partial charge in [0.1, 0.15) is 5.75 Å². The molecule has 1 aliphatic rings. The van der Waals surface area contributed by atoms with Crippen LogP contribution in [0.15, 0.2) is 46.9 Å². The fraction of sp³-hybridized carbons (Fsp3) is 0.294. The summed E-state index contributed by atoms with van der Waals surface area (Å²) in [5.74, 6) is 0.903. The molecule has 1 fully saturated rings. The van der Waals surface area contributed by atoms with Gasteiger partial charge in [-0.05, 0) is 47.9 Å². The number of hydrogen-bond donors (Lipinski definition) is 1. The lowest BCUT2D eigenvalue weighted by Crippen LogP contribution is -2.58. The summed E-state index contributed by atoms with van der Waals surface area (Å²) in [6, 6.07) is 14.4. The molecule has 0 saturated carbocycles. The van der Waals surface area contributed by atoms with Gasteiger partial charge in [0, 0.05) is 28.0 Å². The zero-order valence-electron chi connectivity index (χ0n) is 11.8. The highest BCUT2D eigenvalue weighted by Crippen LogP contribution is 2.37. The van der Waals surface area contributed by atoms with Gasteiger partial charge in [-0.3, -0.25) is 0 Å². The summed E-state index contributed by atoms with van der Waals surface area (Å²) in [6.45, 7) is 1.94. The Kier molecular flexibility index (Phi) is 4.25. The Balaban J connectivity index is 1.96. The predicted molar refractivity (Wildman–Crippen MR) is 90.4 cm³/mol. The Morgan fingerprint density at radius 1 is 1.24 bits per heavy atom. The number of benzene rings is 2. The number of methoxy groups -OCH3 is 1. The summed E-state index contributed by atoms with van der Waals surface area (Å²) >= 11 is 9.72. The first-order valence-electron chi connectivity index (χ1n) is 6.92. The van der Waals surface area contributed by atoms with E-state index in [1.54, 1.807) is 7.11 Å². The van der Waals surface area contributed by atoms with Gasteiger partial charge in [0.2, 0.25) is 0 Å². The number of rotatable bonds is 4. The zero-order chi connectivity index (χ0) is 14.9. The molecule has 2 nitrogen and oxygen atoms in total. The molecule has 0 bridgehead atoms. The lowest BCUT2D eigenvalue weighted by Gasteiger charge is -2.44. The third-order valence-electron chi connectivity index (χ3n) is 4.14. The van der Waals surface area contributed by atoms with E-state index >= 15 is 0 Å². The lowest BCUT2D eigenvalue weighted by atomic mass is 9.71. The maximum atomic E-state index is 6.16. The van der Waals surface area contributed by atoms with Crippen LogP contribution in [0, 0.1) is 0 Å². The zero-order valence-corrected chi connectivity index (χ0v) is 14.2. The monoisotopic (exact) mass is 365 g/mol. The third kappa shape index (κ3) is 2.96. The first kappa shape index (κ1) is 14.9. The second-order valence-corrected chi connectivity index (χ2v) is 6.88. The van der Waals surface area contributed by atoms with E-state index < -0.39 is 0 Å². The lowest BCUT2D eigenvalue weighted by molar-refractivity contribution is 0.271. The van der Waals surface area contributed by atoms with Gasteiger partial charge in [0.05, 0.1) is 7.11 Å². The Hall–Kier alpha value is -1.03. The molecule has 2 aromatic rings. The smallest absolute Gasteiger partial charge is 0.122 e. The van der Waals surface area contributed by atoms with E-state index in [1.165, 1.54) is 5.56 Å². The Morgan fingerprint density at radius 3 is 2.67 bits per heavy atom. The van der Waals surface area contributed by atoms with Crippen molar-refractivity contribution in [2.24, 2.45) is 0 Å². The molecule has 0 amide bonds. The SMILES string of the molecule is COc1ccc(Cl)cc1CC1(c2cccc(Br)c2)CNC1. The minimum Gasteiger partial charge on any atom is -0.496 e. The van der Waals surface area contributed by atoms with E-state index in [2.05, 4.69) is 45.5 Å². The van der Waals surface area contributed by atoms with Crippen molar-refractivity contribution < 1.29 is 4.74 Å². The predicted octanol–water partition coefficient (Wildman–Crippen LogP) is 4.19. The van der Waals surface area contributed by atoms with Crippen LogP contribution in [-0.2, 0) is 11.8 Å². The third-order valence-corrected chi connectivity index (χ3v) is 4.86. The minimum atomic E-state index is 0.113. The summed E-state index contributed by atoms with van der Waals surface area (Å²) < 4.78 is 6.60. The molecule has 0 atom stereocenters. The molecule has 4 heteroatoms. The summed E-state index contributed by atoms with van der Waals surface area (Å²) in [7, 11) is 1.71. The quantitative estimate of drug-likeness (QED) is 0.876. The number of nitrogens with one attached hydrogen (secondary N) is 1. The second kappa shape index (κ2) is 5.99. The van der Waals surface area contributed by atoms with Crippen LogP contribution in [0.3, 0.4) is 0 Å². The van der Waals surface area contributed by atoms with Crippen LogP contribution in [0.4, 0.5) is 0 Å². The molecule has 3 rings (SSSR count).